The van der Waals surface area contributed by atoms with E-state index in [1.165, 1.54) is 59.4 Å². The number of benzene rings is 3. The van der Waals surface area contributed by atoms with Crippen LogP contribution in [0.1, 0.15) is 89.4 Å². The smallest absolute Gasteiger partial charge is 0.312 e. The zero-order chi connectivity index (χ0) is 50.1. The van der Waals surface area contributed by atoms with Crippen molar-refractivity contribution in [1.82, 2.24) is 9.91 Å². The molecule has 0 aromatic heterocycles. The molecule has 5 bridgehead atoms. The molecule has 3 aromatic rings. The van der Waals surface area contributed by atoms with Crippen LogP contribution in [0.15, 0.2) is 65.5 Å². The van der Waals surface area contributed by atoms with Crippen LogP contribution in [0, 0.1) is 30.6 Å². The van der Waals surface area contributed by atoms with Crippen molar-refractivity contribution in [2.24, 2.45) is 28.8 Å². The van der Waals surface area contributed by atoms with Crippen LogP contribution in [0.2, 0.25) is 5.02 Å². The van der Waals surface area contributed by atoms with Crippen molar-refractivity contribution in [3.63, 3.8) is 0 Å². The third-order valence-corrected chi connectivity index (χ3v) is 13.9. The average molecular weight is 962 g/mol. The monoisotopic (exact) mass is 960 g/mol. The summed E-state index contributed by atoms with van der Waals surface area (Å²) in [5, 5.41) is 68.8. The third kappa shape index (κ3) is 10.3. The number of phenols is 3. The van der Waals surface area contributed by atoms with E-state index in [9.17, 15) is 39.9 Å². The number of methoxy groups -OCH3 is 1. The number of rotatable bonds is 6. The predicted octanol–water partition coefficient (Wildman–Crippen LogP) is 7.34. The number of anilines is 1. The van der Waals surface area contributed by atoms with Gasteiger partial charge in [0.15, 0.2) is 5.75 Å². The molecule has 4 aliphatic rings. The summed E-state index contributed by atoms with van der Waals surface area (Å²) in [4.78, 5) is 43.4. The highest BCUT2D eigenvalue weighted by Crippen LogP contribution is 2.55. The Morgan fingerprint density at radius 1 is 0.926 bits per heavy atom. The fourth-order valence-corrected chi connectivity index (χ4v) is 9.75. The number of piperazine rings is 1. The van der Waals surface area contributed by atoms with Gasteiger partial charge in [0.1, 0.15) is 23.4 Å². The second-order valence-corrected chi connectivity index (χ2v) is 19.2. The highest BCUT2D eigenvalue weighted by Gasteiger charge is 2.50. The molecule has 17 heteroatoms. The van der Waals surface area contributed by atoms with E-state index in [2.05, 4.69) is 10.2 Å². The van der Waals surface area contributed by atoms with Gasteiger partial charge in [-0.1, -0.05) is 69.7 Å². The molecule has 68 heavy (non-hydrogen) atoms. The lowest BCUT2D eigenvalue weighted by Crippen LogP contribution is -2.54. The summed E-state index contributed by atoms with van der Waals surface area (Å²) in [5.41, 5.74) is 0.664. The average Bonchev–Trinajstić information content (AvgIpc) is 3.55. The SMILES string of the molecule is CO[C@@H]1C=CO[C@@]2(C)Oc3c(C)c(O)c4c(O)c(c(C=NN5[C@H](C)CN(Cc6ccc(Cl)cc6)C[C@@H]5C)c(O)c4c3C2=O)NC(=O)C(C)=CC=C[C@H](C)[C@H](O)[C@H](C)[C@H](O)[C@H](C)[C@H](OC(C)=O)[C@H]1C. The molecule has 368 valence electrons. The van der Waals surface area contributed by atoms with Crippen LogP contribution in [0.25, 0.3) is 10.8 Å². The number of aromatic hydroxyl groups is 3. The van der Waals surface area contributed by atoms with Gasteiger partial charge in [-0.25, -0.2) is 0 Å². The van der Waals surface area contributed by atoms with Crippen LogP contribution in [0.4, 0.5) is 5.69 Å². The third-order valence-electron chi connectivity index (χ3n) is 13.6. The van der Waals surface area contributed by atoms with Crippen molar-refractivity contribution in [2.45, 2.75) is 118 Å². The van der Waals surface area contributed by atoms with E-state index < -0.39 is 88.8 Å². The molecule has 16 nitrogen and oxygen atoms in total. The number of carbonyl (C=O) groups is 3. The lowest BCUT2D eigenvalue weighted by atomic mass is 9.78. The molecule has 0 unspecified atom stereocenters. The number of halogens is 1. The number of fused-ring (bicyclic) bond motifs is 14. The second kappa shape index (κ2) is 20.9. The molecule has 0 aliphatic carbocycles. The van der Waals surface area contributed by atoms with Crippen molar-refractivity contribution in [3.05, 3.63) is 87.7 Å². The van der Waals surface area contributed by atoms with Gasteiger partial charge >= 0.3 is 11.8 Å². The number of nitrogens with one attached hydrogen (secondary N) is 1. The molecular weight excluding hydrogens is 896 g/mol. The highest BCUT2D eigenvalue weighted by atomic mass is 35.5. The standard InChI is InChI=1S/C51H65ClN4O12/c1-25-13-12-14-26(2)50(64)54-41-36(21-53-56-27(3)22-55(23-28(56)4)24-34-15-17-35(52)18-16-34)45(61)38-39(46(41)62)44(60)32(8)48-40(38)49(63)51(10,68-48)66-20-19-37(65-11)29(5)47(67-33(9)57)31(7)43(59)30(6)42(25)58/h12-21,25,27-31,37,42-43,47,58-62H,22-24H2,1-11H3,(H,54,64)/t25-,27-,28+,29-,30-,31-,37+,42-,43-,47+,51-/m0/s1. The number of ether oxygens (including phenoxy) is 4. The van der Waals surface area contributed by atoms with Crippen molar-refractivity contribution < 1.29 is 58.9 Å². The van der Waals surface area contributed by atoms with Gasteiger partial charge in [-0.2, -0.15) is 5.10 Å². The molecule has 1 saturated heterocycles. The Kier molecular flexibility index (Phi) is 15.9. The Balaban J connectivity index is 1.48. The Morgan fingerprint density at radius 2 is 1.57 bits per heavy atom. The summed E-state index contributed by atoms with van der Waals surface area (Å²) >= 11 is 6.12. The number of phenolic OH excluding ortho intramolecular Hbond substituents is 3. The fraction of sp³-hybridized carbons (Fsp3) is 0.490. The second-order valence-electron chi connectivity index (χ2n) is 18.8. The first-order valence-corrected chi connectivity index (χ1v) is 23.3. The first kappa shape index (κ1) is 51.7. The molecule has 0 radical (unpaired) electrons. The number of aliphatic hydroxyl groups excluding tert-OH is 2. The molecule has 3 aromatic carbocycles. The largest absolute Gasteiger partial charge is 0.507 e. The molecule has 4 aliphatic heterocycles. The minimum atomic E-state index is -2.07. The Labute approximate surface area is 402 Å². The summed E-state index contributed by atoms with van der Waals surface area (Å²) in [6, 6.07) is 7.40. The van der Waals surface area contributed by atoms with Gasteiger partial charge in [-0.05, 0) is 51.5 Å². The maximum atomic E-state index is 14.7. The molecule has 0 spiro atoms. The number of hydrogen-bond donors (Lipinski definition) is 6. The van der Waals surface area contributed by atoms with Gasteiger partial charge in [0.2, 0.25) is 0 Å². The Morgan fingerprint density at radius 3 is 2.19 bits per heavy atom. The summed E-state index contributed by atoms with van der Waals surface area (Å²) in [6.45, 7) is 18.5. The van der Waals surface area contributed by atoms with Crippen LogP contribution in [-0.2, 0) is 30.3 Å². The maximum absolute atomic E-state index is 14.7. The molecule has 0 saturated carbocycles. The minimum Gasteiger partial charge on any atom is -0.507 e. The maximum Gasteiger partial charge on any atom is 0.312 e. The van der Waals surface area contributed by atoms with Crippen LogP contribution in [-0.4, -0.2) is 122 Å². The molecule has 1 fully saturated rings. The highest BCUT2D eigenvalue weighted by molar-refractivity contribution is 6.30. The molecule has 1 amide bonds. The van der Waals surface area contributed by atoms with E-state index in [1.54, 1.807) is 39.8 Å². The number of hydrazone groups is 1. The first-order chi connectivity index (χ1) is 32.0. The van der Waals surface area contributed by atoms with Crippen LogP contribution >= 0.6 is 11.6 Å². The fourth-order valence-electron chi connectivity index (χ4n) is 9.63. The Hall–Kier alpha value is -5.65. The number of aliphatic hydroxyl groups is 2. The topological polar surface area (TPSA) is 220 Å². The van der Waals surface area contributed by atoms with Gasteiger partial charge in [0.25, 0.3) is 11.7 Å². The molecule has 4 heterocycles. The zero-order valence-corrected chi connectivity index (χ0v) is 41.2. The van der Waals surface area contributed by atoms with Crippen molar-refractivity contribution in [1.29, 1.82) is 0 Å². The van der Waals surface area contributed by atoms with E-state index in [1.807, 2.05) is 43.1 Å². The van der Waals surface area contributed by atoms with E-state index in [-0.39, 0.29) is 56.6 Å². The van der Waals surface area contributed by atoms with Crippen molar-refractivity contribution >= 4 is 51.9 Å². The normalized spacial score (nSPS) is 29.9. The van der Waals surface area contributed by atoms with Gasteiger partial charge < -0.3 is 49.8 Å². The number of Topliss-reactive ketones (excluding diaryl/α,β-unsaturated/α-hetero) is 1. The van der Waals surface area contributed by atoms with Crippen LogP contribution in [0.3, 0.4) is 0 Å². The molecule has 11 atom stereocenters. The van der Waals surface area contributed by atoms with Gasteiger partial charge in [-0.15, -0.1) is 0 Å². The number of ketones is 1. The van der Waals surface area contributed by atoms with Gasteiger partial charge in [0, 0.05) is 85.8 Å². The van der Waals surface area contributed by atoms with E-state index in [0.717, 1.165) is 5.56 Å². The lowest BCUT2D eigenvalue weighted by Gasteiger charge is -2.42. The number of carbonyl (C=O) groups excluding carboxylic acids is 3. The number of nitrogens with zero attached hydrogens (tertiary/aromatic N) is 3. The van der Waals surface area contributed by atoms with Gasteiger partial charge in [0.05, 0.1) is 65.1 Å². The van der Waals surface area contributed by atoms with Gasteiger partial charge in [-0.3, -0.25) is 24.3 Å². The number of esters is 1. The summed E-state index contributed by atoms with van der Waals surface area (Å²) in [5.74, 6) is -8.54. The Bertz CT molecular complexity index is 2510. The van der Waals surface area contributed by atoms with Crippen LogP contribution in [0.5, 0.6) is 23.0 Å². The number of allylic oxidation sites excluding steroid dienone is 2. The molecule has 6 N–H and O–H groups in total. The predicted molar refractivity (Wildman–Crippen MR) is 259 cm³/mol. The number of hydrogen-bond acceptors (Lipinski definition) is 15. The molecule has 7 rings (SSSR count). The summed E-state index contributed by atoms with van der Waals surface area (Å²) < 4.78 is 23.8. The number of amides is 1. The van der Waals surface area contributed by atoms with E-state index in [0.29, 0.717) is 24.7 Å². The first-order valence-electron chi connectivity index (χ1n) is 22.9. The van der Waals surface area contributed by atoms with Crippen molar-refractivity contribution in [3.8, 4) is 23.0 Å². The zero-order valence-electron chi connectivity index (χ0n) is 40.5. The molecular formula is C51H65ClN4O12. The van der Waals surface area contributed by atoms with E-state index >= 15 is 0 Å². The summed E-state index contributed by atoms with van der Waals surface area (Å²) in [6.07, 6.45) is 4.83. The minimum absolute atomic E-state index is 0.0436. The van der Waals surface area contributed by atoms with Crippen LogP contribution < -0.4 is 10.1 Å². The van der Waals surface area contributed by atoms with Crippen molar-refractivity contribution in [2.75, 3.05) is 25.5 Å². The summed E-state index contributed by atoms with van der Waals surface area (Å²) in [7, 11) is 1.44. The lowest BCUT2D eigenvalue weighted by molar-refractivity contribution is -0.160. The van der Waals surface area contributed by atoms with E-state index in [4.69, 9.17) is 35.6 Å². The quantitative estimate of drug-likeness (QED) is 0.0617.